The fourth-order valence-electron chi connectivity index (χ4n) is 2.34. The summed E-state index contributed by atoms with van der Waals surface area (Å²) in [6.45, 7) is 1.24. The molecule has 0 saturated carbocycles. The van der Waals surface area contributed by atoms with Crippen LogP contribution in [0.15, 0.2) is 36.4 Å². The molecule has 25 heavy (non-hydrogen) atoms. The molecule has 0 amide bonds. The van der Waals surface area contributed by atoms with Gasteiger partial charge in [0.15, 0.2) is 5.82 Å². The summed E-state index contributed by atoms with van der Waals surface area (Å²) >= 11 is 0. The molecule has 4 N–H and O–H groups in total. The normalized spacial score (nSPS) is 15.1. The summed E-state index contributed by atoms with van der Waals surface area (Å²) in [7, 11) is 0. The number of rotatable bonds is 4. The molecule has 0 saturated heterocycles. The van der Waals surface area contributed by atoms with Crippen LogP contribution in [0.25, 0.3) is 11.3 Å². The molecule has 0 aliphatic rings. The quantitative estimate of drug-likeness (QED) is 0.735. The number of hydrogen-bond donors (Lipinski definition) is 3. The Morgan fingerprint density at radius 1 is 1.08 bits per heavy atom. The minimum absolute atomic E-state index is 0.203. The summed E-state index contributed by atoms with van der Waals surface area (Å²) in [6, 6.07) is 8.38. The number of aliphatic hydroxyl groups is 2. The second kappa shape index (κ2) is 6.36. The predicted octanol–water partition coefficient (Wildman–Crippen LogP) is 2.82. The maximum Gasteiger partial charge on any atom is 0.424 e. The summed E-state index contributed by atoms with van der Waals surface area (Å²) in [4.78, 5) is 3.69. The van der Waals surface area contributed by atoms with Crippen LogP contribution in [0, 0.1) is 5.82 Å². The standard InChI is InChI=1S/C17H18F4N2O2/c1-15(2,24)11-8-12(16(25,9-22)17(19,20)21)23-14(13(11)18)10-6-4-3-5-7-10/h3-8,24-25H,9,22H2,1-2H3/t16-/m0/s1. The van der Waals surface area contributed by atoms with E-state index >= 15 is 0 Å². The third kappa shape index (κ3) is 3.51. The van der Waals surface area contributed by atoms with Crippen molar-refractivity contribution >= 4 is 0 Å². The highest BCUT2D eigenvalue weighted by Crippen LogP contribution is 2.40. The summed E-state index contributed by atoms with van der Waals surface area (Å²) in [6.07, 6.45) is -5.13. The minimum Gasteiger partial charge on any atom is -0.386 e. The van der Waals surface area contributed by atoms with E-state index in [-0.39, 0.29) is 5.56 Å². The van der Waals surface area contributed by atoms with Crippen LogP contribution in [0.1, 0.15) is 25.1 Å². The molecule has 0 aliphatic heterocycles. The van der Waals surface area contributed by atoms with E-state index in [0.29, 0.717) is 6.07 Å². The largest absolute Gasteiger partial charge is 0.424 e. The van der Waals surface area contributed by atoms with Crippen molar-refractivity contribution in [2.24, 2.45) is 5.73 Å². The van der Waals surface area contributed by atoms with E-state index in [1.807, 2.05) is 0 Å². The summed E-state index contributed by atoms with van der Waals surface area (Å²) < 4.78 is 54.8. The first kappa shape index (κ1) is 19.3. The molecule has 1 heterocycles. The average Bonchev–Trinajstić information content (AvgIpc) is 2.53. The highest BCUT2D eigenvalue weighted by molar-refractivity contribution is 5.61. The van der Waals surface area contributed by atoms with Gasteiger partial charge in [-0.3, -0.25) is 0 Å². The number of alkyl halides is 3. The Hall–Kier alpha value is -2.03. The number of nitrogens with two attached hydrogens (primary N) is 1. The molecule has 0 aliphatic carbocycles. The molecule has 0 radical (unpaired) electrons. The third-order valence-corrected chi connectivity index (χ3v) is 3.85. The average molecular weight is 358 g/mol. The van der Waals surface area contributed by atoms with Gasteiger partial charge in [0.25, 0.3) is 0 Å². The molecule has 1 aromatic heterocycles. The molecule has 8 heteroatoms. The summed E-state index contributed by atoms with van der Waals surface area (Å²) in [5.41, 5.74) is -1.63. The lowest BCUT2D eigenvalue weighted by Gasteiger charge is -2.30. The Kier molecular flexibility index (Phi) is 4.91. The zero-order chi connectivity index (χ0) is 19.0. The predicted molar refractivity (Wildman–Crippen MR) is 83.9 cm³/mol. The van der Waals surface area contributed by atoms with Crippen molar-refractivity contribution in [1.29, 1.82) is 0 Å². The van der Waals surface area contributed by atoms with Gasteiger partial charge in [-0.1, -0.05) is 30.3 Å². The van der Waals surface area contributed by atoms with Gasteiger partial charge in [-0.25, -0.2) is 9.37 Å². The SMILES string of the molecule is CC(C)(O)c1cc([C@@](O)(CN)C(F)(F)F)nc(-c2ccccc2)c1F. The van der Waals surface area contributed by atoms with Crippen molar-refractivity contribution in [3.05, 3.63) is 53.5 Å². The van der Waals surface area contributed by atoms with Gasteiger partial charge >= 0.3 is 6.18 Å². The maximum atomic E-state index is 14.8. The monoisotopic (exact) mass is 358 g/mol. The van der Waals surface area contributed by atoms with E-state index in [9.17, 15) is 27.8 Å². The summed E-state index contributed by atoms with van der Waals surface area (Å²) in [5.74, 6) is -0.969. The van der Waals surface area contributed by atoms with Crippen LogP contribution in [0.3, 0.4) is 0 Å². The van der Waals surface area contributed by atoms with Crippen molar-refractivity contribution < 1.29 is 27.8 Å². The molecular formula is C17H18F4N2O2. The number of halogens is 4. The van der Waals surface area contributed by atoms with Crippen LogP contribution in [0.4, 0.5) is 17.6 Å². The maximum absolute atomic E-state index is 14.8. The van der Waals surface area contributed by atoms with E-state index in [0.717, 1.165) is 0 Å². The number of pyridine rings is 1. The van der Waals surface area contributed by atoms with Gasteiger partial charge in [0, 0.05) is 17.7 Å². The lowest BCUT2D eigenvalue weighted by Crippen LogP contribution is -2.49. The van der Waals surface area contributed by atoms with Gasteiger partial charge < -0.3 is 15.9 Å². The lowest BCUT2D eigenvalue weighted by atomic mass is 9.90. The van der Waals surface area contributed by atoms with Crippen LogP contribution < -0.4 is 5.73 Å². The van der Waals surface area contributed by atoms with Gasteiger partial charge in [0.1, 0.15) is 5.69 Å². The lowest BCUT2D eigenvalue weighted by molar-refractivity contribution is -0.263. The highest BCUT2D eigenvalue weighted by atomic mass is 19.4. The number of benzene rings is 1. The smallest absolute Gasteiger partial charge is 0.386 e. The van der Waals surface area contributed by atoms with Crippen LogP contribution in [-0.2, 0) is 11.2 Å². The second-order valence-corrected chi connectivity index (χ2v) is 6.20. The van der Waals surface area contributed by atoms with Gasteiger partial charge in [0.2, 0.25) is 5.60 Å². The zero-order valence-corrected chi connectivity index (χ0v) is 13.6. The van der Waals surface area contributed by atoms with Gasteiger partial charge in [0.05, 0.1) is 11.3 Å². The van der Waals surface area contributed by atoms with E-state index in [1.165, 1.54) is 26.0 Å². The van der Waals surface area contributed by atoms with Crippen molar-refractivity contribution in [2.75, 3.05) is 6.54 Å². The van der Waals surface area contributed by atoms with E-state index in [2.05, 4.69) is 4.98 Å². The zero-order valence-electron chi connectivity index (χ0n) is 13.6. The topological polar surface area (TPSA) is 79.4 Å². The van der Waals surface area contributed by atoms with Crippen LogP contribution >= 0.6 is 0 Å². The highest BCUT2D eigenvalue weighted by Gasteiger charge is 2.55. The van der Waals surface area contributed by atoms with Crippen molar-refractivity contribution in [1.82, 2.24) is 4.98 Å². The molecule has 136 valence electrons. The number of hydrogen-bond acceptors (Lipinski definition) is 4. The Balaban J connectivity index is 2.83. The molecule has 2 rings (SSSR count). The van der Waals surface area contributed by atoms with Crippen molar-refractivity contribution in [3.63, 3.8) is 0 Å². The van der Waals surface area contributed by atoms with Crippen molar-refractivity contribution in [3.8, 4) is 11.3 Å². The second-order valence-electron chi connectivity index (χ2n) is 6.20. The molecule has 4 nitrogen and oxygen atoms in total. The van der Waals surface area contributed by atoms with E-state index in [1.54, 1.807) is 18.2 Å². The van der Waals surface area contributed by atoms with Crippen molar-refractivity contribution in [2.45, 2.75) is 31.2 Å². The van der Waals surface area contributed by atoms with E-state index in [4.69, 9.17) is 5.73 Å². The molecular weight excluding hydrogens is 340 g/mol. The van der Waals surface area contributed by atoms with Gasteiger partial charge in [-0.05, 0) is 19.9 Å². The van der Waals surface area contributed by atoms with Gasteiger partial charge in [-0.15, -0.1) is 0 Å². The number of nitrogens with zero attached hydrogens (tertiary/aromatic N) is 1. The first-order valence-corrected chi connectivity index (χ1v) is 7.40. The first-order chi connectivity index (χ1) is 11.4. The van der Waals surface area contributed by atoms with Crippen LogP contribution in [0.2, 0.25) is 0 Å². The van der Waals surface area contributed by atoms with E-state index < -0.39 is 46.7 Å². The van der Waals surface area contributed by atoms with Crippen LogP contribution in [-0.4, -0.2) is 27.9 Å². The Labute approximate surface area is 141 Å². The Morgan fingerprint density at radius 2 is 1.64 bits per heavy atom. The Bertz CT molecular complexity index is 758. The molecule has 2 aromatic rings. The Morgan fingerprint density at radius 3 is 2.08 bits per heavy atom. The molecule has 1 aromatic carbocycles. The fraction of sp³-hybridized carbons (Fsp3) is 0.353. The molecule has 0 fully saturated rings. The molecule has 0 spiro atoms. The van der Waals surface area contributed by atoms with Crippen LogP contribution in [0.5, 0.6) is 0 Å². The fourth-order valence-corrected chi connectivity index (χ4v) is 2.34. The summed E-state index contributed by atoms with van der Waals surface area (Å²) in [5, 5.41) is 20.2. The third-order valence-electron chi connectivity index (χ3n) is 3.85. The molecule has 0 bridgehead atoms. The molecule has 1 atom stereocenters. The van der Waals surface area contributed by atoms with Gasteiger partial charge in [-0.2, -0.15) is 13.2 Å². The first-order valence-electron chi connectivity index (χ1n) is 7.40. The number of aromatic nitrogens is 1. The molecule has 0 unspecified atom stereocenters. The minimum atomic E-state index is -5.13.